The molecule has 0 aliphatic heterocycles. The van der Waals surface area contributed by atoms with Gasteiger partial charge in [-0.3, -0.25) is 9.79 Å². The van der Waals surface area contributed by atoms with E-state index in [0.717, 1.165) is 66.5 Å². The molecule has 0 bridgehead atoms. The molecule has 0 amide bonds. The van der Waals surface area contributed by atoms with Gasteiger partial charge in [-0.25, -0.2) is 14.5 Å². The Hall–Kier alpha value is -3.17. The number of nitrogen functional groups attached to an aromatic ring is 1. The zero-order valence-corrected chi connectivity index (χ0v) is 26.7. The summed E-state index contributed by atoms with van der Waals surface area (Å²) in [7, 11) is -4.83. The average molecular weight is 613 g/mol. The summed E-state index contributed by atoms with van der Waals surface area (Å²) in [5.41, 5.74) is 9.94. The first-order chi connectivity index (χ1) is 20.3. The third kappa shape index (κ3) is 8.26. The van der Waals surface area contributed by atoms with Gasteiger partial charge >= 0.3 is 7.82 Å². The first kappa shape index (κ1) is 32.7. The van der Waals surface area contributed by atoms with Gasteiger partial charge < -0.3 is 24.7 Å². The van der Waals surface area contributed by atoms with Crippen molar-refractivity contribution in [2.45, 2.75) is 85.1 Å². The van der Waals surface area contributed by atoms with Crippen molar-refractivity contribution >= 4 is 35.6 Å². The number of pyridine rings is 1. The lowest BCUT2D eigenvalue weighted by atomic mass is 9.81. The van der Waals surface area contributed by atoms with Gasteiger partial charge in [-0.15, -0.1) is 0 Å². The van der Waals surface area contributed by atoms with E-state index >= 15 is 0 Å². The topological polar surface area (TPSA) is 153 Å². The molecule has 5 N–H and O–H groups in total. The van der Waals surface area contributed by atoms with Gasteiger partial charge in [0.15, 0.2) is 5.82 Å². The number of ether oxygens (including phenoxy) is 1. The second-order valence-electron chi connectivity index (χ2n) is 12.3. The molecule has 0 atom stereocenters. The number of benzene rings is 2. The minimum absolute atomic E-state index is 0.0174. The van der Waals surface area contributed by atoms with Crippen LogP contribution in [0.25, 0.3) is 21.9 Å². The fourth-order valence-electron chi connectivity index (χ4n) is 5.32. The highest BCUT2D eigenvalue weighted by Crippen LogP contribution is 2.41. The lowest BCUT2D eigenvalue weighted by molar-refractivity contribution is 0.113. The predicted molar refractivity (Wildman–Crippen MR) is 170 cm³/mol. The number of aromatic nitrogens is 3. The van der Waals surface area contributed by atoms with Crippen LogP contribution in [0.2, 0.25) is 0 Å². The summed E-state index contributed by atoms with van der Waals surface area (Å²) < 4.78 is 24.6. The van der Waals surface area contributed by atoms with Crippen LogP contribution in [0.3, 0.4) is 0 Å². The highest BCUT2D eigenvalue weighted by atomic mass is 31.2. The maximum absolute atomic E-state index is 11.7. The SMILES string of the molecule is CCCCc1nc2c(N)nc3cc(C(C)(C)CCOCCCC(C)C)ccc3c2n1Cc1cc(O)ccc1OP(=O)(O)O. The predicted octanol–water partition coefficient (Wildman–Crippen LogP) is 6.86. The van der Waals surface area contributed by atoms with E-state index in [2.05, 4.69) is 46.8 Å². The van der Waals surface area contributed by atoms with Crippen molar-refractivity contribution in [1.29, 1.82) is 0 Å². The number of unbranched alkanes of at least 4 members (excludes halogenated alkanes) is 1. The Bertz CT molecular complexity index is 1610. The van der Waals surface area contributed by atoms with Crippen LogP contribution in [0.5, 0.6) is 11.5 Å². The van der Waals surface area contributed by atoms with Crippen LogP contribution in [0.1, 0.15) is 83.7 Å². The number of imidazole rings is 1. The molecule has 0 saturated carbocycles. The Balaban J connectivity index is 1.74. The molecule has 0 spiro atoms. The number of fused-ring (bicyclic) bond motifs is 3. The summed E-state index contributed by atoms with van der Waals surface area (Å²) in [6.45, 7) is 12.5. The van der Waals surface area contributed by atoms with Crippen molar-refractivity contribution in [2.24, 2.45) is 5.92 Å². The molecular weight excluding hydrogens is 567 g/mol. The highest BCUT2D eigenvalue weighted by molar-refractivity contribution is 7.46. The van der Waals surface area contributed by atoms with Crippen molar-refractivity contribution in [2.75, 3.05) is 18.9 Å². The fraction of sp³-hybridized carbons (Fsp3) is 0.500. The van der Waals surface area contributed by atoms with Crippen molar-refractivity contribution in [3.8, 4) is 11.5 Å². The number of hydrogen-bond acceptors (Lipinski definition) is 7. The first-order valence-corrected chi connectivity index (χ1v) is 16.6. The quantitative estimate of drug-likeness (QED) is 0.0833. The number of phosphoric ester groups is 1. The number of hydrogen-bond donors (Lipinski definition) is 4. The molecule has 2 aromatic heterocycles. The largest absolute Gasteiger partial charge is 0.524 e. The molecule has 0 fully saturated rings. The third-order valence-electron chi connectivity index (χ3n) is 7.85. The normalized spacial score (nSPS) is 12.6. The van der Waals surface area contributed by atoms with E-state index in [9.17, 15) is 19.5 Å². The van der Waals surface area contributed by atoms with Crippen molar-refractivity contribution in [3.05, 3.63) is 53.3 Å². The van der Waals surface area contributed by atoms with Crippen LogP contribution in [-0.2, 0) is 27.7 Å². The number of rotatable bonds is 15. The number of phenols is 1. The van der Waals surface area contributed by atoms with Crippen LogP contribution in [0, 0.1) is 5.92 Å². The number of nitrogens with two attached hydrogens (primary N) is 1. The Morgan fingerprint density at radius 1 is 1.07 bits per heavy atom. The minimum Gasteiger partial charge on any atom is -0.508 e. The molecule has 4 aromatic rings. The smallest absolute Gasteiger partial charge is 0.508 e. The molecular formula is C32H45N4O6P. The molecule has 0 unspecified atom stereocenters. The zero-order chi connectivity index (χ0) is 31.4. The fourth-order valence-corrected chi connectivity index (χ4v) is 5.75. The third-order valence-corrected chi connectivity index (χ3v) is 8.28. The Morgan fingerprint density at radius 2 is 1.84 bits per heavy atom. The monoisotopic (exact) mass is 612 g/mol. The first-order valence-electron chi connectivity index (χ1n) is 15.0. The molecule has 10 nitrogen and oxygen atoms in total. The molecule has 2 aromatic carbocycles. The van der Waals surface area contributed by atoms with Gasteiger partial charge in [0.25, 0.3) is 0 Å². The molecule has 0 aliphatic carbocycles. The maximum Gasteiger partial charge on any atom is 0.524 e. The van der Waals surface area contributed by atoms with Gasteiger partial charge in [-0.1, -0.05) is 53.2 Å². The Labute approximate surface area is 253 Å². The van der Waals surface area contributed by atoms with Crippen molar-refractivity contribution in [1.82, 2.24) is 14.5 Å². The molecule has 4 rings (SSSR count). The number of anilines is 1. The molecule has 234 valence electrons. The summed E-state index contributed by atoms with van der Waals surface area (Å²) in [5.74, 6) is 1.69. The van der Waals surface area contributed by atoms with Gasteiger partial charge in [-0.05, 0) is 66.8 Å². The second-order valence-corrected chi connectivity index (χ2v) is 13.5. The van der Waals surface area contributed by atoms with E-state index in [4.69, 9.17) is 25.0 Å². The van der Waals surface area contributed by atoms with Crippen LogP contribution < -0.4 is 10.3 Å². The summed E-state index contributed by atoms with van der Waals surface area (Å²) in [6.07, 6.45) is 5.60. The van der Waals surface area contributed by atoms with Crippen LogP contribution >= 0.6 is 7.82 Å². The van der Waals surface area contributed by atoms with E-state index in [1.807, 2.05) is 10.6 Å². The molecule has 0 radical (unpaired) electrons. The molecule has 2 heterocycles. The number of phosphoric acid groups is 1. The van der Waals surface area contributed by atoms with Gasteiger partial charge in [0, 0.05) is 30.6 Å². The van der Waals surface area contributed by atoms with E-state index in [-0.39, 0.29) is 23.5 Å². The number of aryl methyl sites for hydroxylation is 1. The zero-order valence-electron chi connectivity index (χ0n) is 25.8. The lowest BCUT2D eigenvalue weighted by Crippen LogP contribution is -2.20. The van der Waals surface area contributed by atoms with Crippen LogP contribution in [0.4, 0.5) is 5.82 Å². The number of phenolic OH excluding ortho intramolecular Hbond substituents is 1. The van der Waals surface area contributed by atoms with Crippen molar-refractivity contribution in [3.63, 3.8) is 0 Å². The molecule has 43 heavy (non-hydrogen) atoms. The van der Waals surface area contributed by atoms with Gasteiger partial charge in [0.05, 0.1) is 17.6 Å². The molecule has 0 saturated heterocycles. The van der Waals surface area contributed by atoms with Gasteiger partial charge in [0.1, 0.15) is 22.8 Å². The Morgan fingerprint density at radius 3 is 2.53 bits per heavy atom. The maximum atomic E-state index is 11.7. The molecule has 11 heteroatoms. The highest BCUT2D eigenvalue weighted by Gasteiger charge is 2.25. The van der Waals surface area contributed by atoms with Crippen LogP contribution in [-0.4, -0.2) is 42.6 Å². The average Bonchev–Trinajstić information content (AvgIpc) is 3.28. The number of aromatic hydroxyl groups is 1. The summed E-state index contributed by atoms with van der Waals surface area (Å²) in [5, 5.41) is 11.1. The summed E-state index contributed by atoms with van der Waals surface area (Å²) in [4.78, 5) is 28.6. The summed E-state index contributed by atoms with van der Waals surface area (Å²) in [6, 6.07) is 10.4. The summed E-state index contributed by atoms with van der Waals surface area (Å²) >= 11 is 0. The van der Waals surface area contributed by atoms with Gasteiger partial charge in [-0.2, -0.15) is 0 Å². The van der Waals surface area contributed by atoms with Crippen molar-refractivity contribution < 1.29 is 28.7 Å². The Kier molecular flexibility index (Phi) is 10.4. The van der Waals surface area contributed by atoms with E-state index < -0.39 is 7.82 Å². The van der Waals surface area contributed by atoms with E-state index in [1.54, 1.807) is 0 Å². The van der Waals surface area contributed by atoms with E-state index in [0.29, 0.717) is 35.8 Å². The standard InChI is InChI=1S/C32H45N4O6P/c1-6-7-10-28-35-29-30(36(28)20-22-18-24(37)12-14-27(22)42-43(38,39)40)25-13-11-23(19-26(25)34-31(29)33)32(4,5)15-17-41-16-8-9-21(2)3/h11-14,18-19,21,37H,6-10,15-17,20H2,1-5H3,(H2,33,34)(H2,38,39,40). The van der Waals surface area contributed by atoms with Crippen LogP contribution in [0.15, 0.2) is 36.4 Å². The lowest BCUT2D eigenvalue weighted by Gasteiger charge is -2.25. The van der Waals surface area contributed by atoms with Gasteiger partial charge in [0.2, 0.25) is 0 Å². The minimum atomic E-state index is -4.83. The second kappa shape index (κ2) is 13.6. The molecule has 0 aliphatic rings. The number of nitrogens with zero attached hydrogens (tertiary/aromatic N) is 3. The van der Waals surface area contributed by atoms with E-state index in [1.165, 1.54) is 18.2 Å².